The Labute approximate surface area is 139 Å². The number of ketones is 1. The first kappa shape index (κ1) is 17.6. The molecule has 2 aliphatic rings. The van der Waals surface area contributed by atoms with E-state index in [1.54, 1.807) is 0 Å². The third kappa shape index (κ3) is 3.96. The minimum atomic E-state index is -0.172. The molecule has 2 rings (SSSR count). The van der Waals surface area contributed by atoms with Gasteiger partial charge in [0.05, 0.1) is 5.57 Å². The van der Waals surface area contributed by atoms with Gasteiger partial charge in [0.15, 0.2) is 5.78 Å². The van der Waals surface area contributed by atoms with E-state index >= 15 is 0 Å². The zero-order valence-corrected chi connectivity index (χ0v) is 14.6. The normalized spacial score (nSPS) is 23.4. The summed E-state index contributed by atoms with van der Waals surface area (Å²) in [6, 6.07) is 2.17. The van der Waals surface area contributed by atoms with Crippen molar-refractivity contribution in [3.63, 3.8) is 0 Å². The second-order valence-electron chi connectivity index (χ2n) is 7.53. The maximum atomic E-state index is 12.6. The van der Waals surface area contributed by atoms with Gasteiger partial charge in [0.1, 0.15) is 11.8 Å². The van der Waals surface area contributed by atoms with Crippen LogP contribution in [-0.4, -0.2) is 5.78 Å². The molecule has 0 fully saturated rings. The van der Waals surface area contributed by atoms with Crippen LogP contribution < -0.4 is 5.73 Å². The molecule has 0 amide bonds. The summed E-state index contributed by atoms with van der Waals surface area (Å²) in [5.74, 6) is 0.834. The number of ether oxygens (including phenoxy) is 1. The molecule has 23 heavy (non-hydrogen) atoms. The zero-order chi connectivity index (χ0) is 17.0. The van der Waals surface area contributed by atoms with Crippen LogP contribution in [-0.2, 0) is 9.53 Å². The lowest BCUT2D eigenvalue weighted by molar-refractivity contribution is -0.119. The van der Waals surface area contributed by atoms with Crippen LogP contribution in [0.1, 0.15) is 72.1 Å². The topological polar surface area (TPSA) is 76.1 Å². The van der Waals surface area contributed by atoms with Gasteiger partial charge in [-0.1, -0.05) is 52.9 Å². The number of unbranched alkanes of at least 4 members (excludes halogenated alkanes) is 4. The van der Waals surface area contributed by atoms with Crippen LogP contribution in [0.5, 0.6) is 0 Å². The highest BCUT2D eigenvalue weighted by Crippen LogP contribution is 2.45. The highest BCUT2D eigenvalue weighted by Gasteiger charge is 2.41. The summed E-state index contributed by atoms with van der Waals surface area (Å²) in [6.07, 6.45) is 7.81. The predicted octanol–water partition coefficient (Wildman–Crippen LogP) is 4.33. The monoisotopic (exact) mass is 316 g/mol. The van der Waals surface area contributed by atoms with Crippen LogP contribution in [0, 0.1) is 22.7 Å². The van der Waals surface area contributed by atoms with Crippen LogP contribution in [0.25, 0.3) is 0 Å². The molecule has 4 nitrogen and oxygen atoms in total. The summed E-state index contributed by atoms with van der Waals surface area (Å²) in [4.78, 5) is 12.6. The van der Waals surface area contributed by atoms with Gasteiger partial charge in [0, 0.05) is 24.3 Å². The number of carbonyl (C=O) groups is 1. The van der Waals surface area contributed by atoms with E-state index in [1.165, 1.54) is 19.3 Å². The van der Waals surface area contributed by atoms with E-state index in [9.17, 15) is 10.1 Å². The highest BCUT2D eigenvalue weighted by atomic mass is 16.5. The van der Waals surface area contributed by atoms with Crippen LogP contribution in [0.2, 0.25) is 0 Å². The van der Waals surface area contributed by atoms with E-state index in [2.05, 4.69) is 26.8 Å². The Bertz CT molecular complexity index is 579. The molecular weight excluding hydrogens is 288 g/mol. The summed E-state index contributed by atoms with van der Waals surface area (Å²) in [6.45, 7) is 6.32. The molecule has 0 unspecified atom stereocenters. The molecule has 0 aromatic heterocycles. The standard InChI is InChI=1S/C19H28N2O2/c1-4-5-6-7-8-9-13-14(12-20)18(21)23-16-11-19(2,3)10-15(22)17(13)16/h13H,4-11,21H2,1-3H3/t13-/m1/s1. The van der Waals surface area contributed by atoms with E-state index in [4.69, 9.17) is 10.5 Å². The van der Waals surface area contributed by atoms with Crippen molar-refractivity contribution in [1.82, 2.24) is 0 Å². The van der Waals surface area contributed by atoms with Gasteiger partial charge >= 0.3 is 0 Å². The van der Waals surface area contributed by atoms with E-state index in [1.807, 2.05) is 0 Å². The van der Waals surface area contributed by atoms with Crippen molar-refractivity contribution in [3.8, 4) is 6.07 Å². The van der Waals surface area contributed by atoms with E-state index < -0.39 is 0 Å². The fourth-order valence-corrected chi connectivity index (χ4v) is 3.63. The Morgan fingerprint density at radius 3 is 2.61 bits per heavy atom. The lowest BCUT2D eigenvalue weighted by Gasteiger charge is -2.37. The van der Waals surface area contributed by atoms with Gasteiger partial charge in [-0.25, -0.2) is 0 Å². The molecule has 0 saturated heterocycles. The minimum Gasteiger partial charge on any atom is -0.444 e. The molecule has 0 bridgehead atoms. The zero-order valence-electron chi connectivity index (χ0n) is 14.6. The summed E-state index contributed by atoms with van der Waals surface area (Å²) >= 11 is 0. The summed E-state index contributed by atoms with van der Waals surface area (Å²) < 4.78 is 5.67. The lowest BCUT2D eigenvalue weighted by atomic mass is 9.71. The molecule has 1 aliphatic carbocycles. The molecular formula is C19H28N2O2. The van der Waals surface area contributed by atoms with E-state index in [0.717, 1.165) is 19.3 Å². The molecule has 4 heteroatoms. The fraction of sp³-hybridized carbons (Fsp3) is 0.684. The first-order valence-corrected chi connectivity index (χ1v) is 8.73. The van der Waals surface area contributed by atoms with Gasteiger partial charge in [-0.05, 0) is 11.8 Å². The average molecular weight is 316 g/mol. The summed E-state index contributed by atoms with van der Waals surface area (Å²) in [7, 11) is 0. The molecule has 0 radical (unpaired) electrons. The van der Waals surface area contributed by atoms with Crippen LogP contribution in [0.3, 0.4) is 0 Å². The van der Waals surface area contributed by atoms with E-state index in [0.29, 0.717) is 29.7 Å². The second-order valence-corrected chi connectivity index (χ2v) is 7.53. The molecule has 1 aliphatic heterocycles. The first-order valence-electron chi connectivity index (χ1n) is 8.73. The molecule has 2 N–H and O–H groups in total. The lowest BCUT2D eigenvalue weighted by Crippen LogP contribution is -2.34. The van der Waals surface area contributed by atoms with Gasteiger partial charge in [-0.15, -0.1) is 0 Å². The van der Waals surface area contributed by atoms with Crippen molar-refractivity contribution < 1.29 is 9.53 Å². The number of hydrogen-bond acceptors (Lipinski definition) is 4. The predicted molar refractivity (Wildman–Crippen MR) is 89.8 cm³/mol. The number of nitrogens with zero attached hydrogens (tertiary/aromatic N) is 1. The Kier molecular flexibility index (Phi) is 5.51. The second kappa shape index (κ2) is 7.21. The maximum Gasteiger partial charge on any atom is 0.204 e. The molecule has 0 saturated carbocycles. The molecule has 0 aromatic rings. The number of carbonyl (C=O) groups excluding carboxylic acids is 1. The molecule has 1 heterocycles. The third-order valence-electron chi connectivity index (χ3n) is 4.79. The van der Waals surface area contributed by atoms with Crippen LogP contribution in [0.15, 0.2) is 22.8 Å². The molecule has 126 valence electrons. The van der Waals surface area contributed by atoms with Gasteiger partial charge in [0.25, 0.3) is 0 Å². The number of nitrogens with two attached hydrogens (primary N) is 1. The number of allylic oxidation sites excluding steroid dienone is 3. The maximum absolute atomic E-state index is 12.6. The molecule has 1 atom stereocenters. The van der Waals surface area contributed by atoms with Gasteiger partial charge in [0.2, 0.25) is 5.88 Å². The number of nitriles is 1. The average Bonchev–Trinajstić information content (AvgIpc) is 2.44. The summed E-state index contributed by atoms with van der Waals surface area (Å²) in [5.41, 5.74) is 7.01. The number of rotatable bonds is 6. The first-order chi connectivity index (χ1) is 10.9. The van der Waals surface area contributed by atoms with Crippen molar-refractivity contribution >= 4 is 5.78 Å². The van der Waals surface area contributed by atoms with Crippen molar-refractivity contribution in [2.75, 3.05) is 0 Å². The quantitative estimate of drug-likeness (QED) is 0.740. The van der Waals surface area contributed by atoms with Crippen LogP contribution >= 0.6 is 0 Å². The highest BCUT2D eigenvalue weighted by molar-refractivity contribution is 5.98. The smallest absolute Gasteiger partial charge is 0.204 e. The SMILES string of the molecule is CCCCCCC[C@@H]1C(C#N)=C(N)OC2=C1C(=O)CC(C)(C)C2. The van der Waals surface area contributed by atoms with Gasteiger partial charge in [-0.2, -0.15) is 5.26 Å². The summed E-state index contributed by atoms with van der Waals surface area (Å²) in [5, 5.41) is 9.45. The number of hydrogen-bond donors (Lipinski definition) is 1. The Morgan fingerprint density at radius 1 is 1.26 bits per heavy atom. The Morgan fingerprint density at radius 2 is 1.96 bits per heavy atom. The largest absolute Gasteiger partial charge is 0.444 e. The van der Waals surface area contributed by atoms with Crippen LogP contribution in [0.4, 0.5) is 0 Å². The van der Waals surface area contributed by atoms with Gasteiger partial charge in [-0.3, -0.25) is 4.79 Å². The molecule has 0 aromatic carbocycles. The van der Waals surface area contributed by atoms with Gasteiger partial charge < -0.3 is 10.5 Å². The minimum absolute atomic E-state index is 0.105. The van der Waals surface area contributed by atoms with Crippen molar-refractivity contribution in [2.45, 2.75) is 72.1 Å². The van der Waals surface area contributed by atoms with Crippen molar-refractivity contribution in [2.24, 2.45) is 17.1 Å². The number of Topliss-reactive ketones (excluding diaryl/α,β-unsaturated/α-hetero) is 1. The van der Waals surface area contributed by atoms with E-state index in [-0.39, 0.29) is 23.0 Å². The third-order valence-corrected chi connectivity index (χ3v) is 4.79. The van der Waals surface area contributed by atoms with Crippen molar-refractivity contribution in [3.05, 3.63) is 22.8 Å². The molecule has 0 spiro atoms. The fourth-order valence-electron chi connectivity index (χ4n) is 3.63. The van der Waals surface area contributed by atoms with Crippen molar-refractivity contribution in [1.29, 1.82) is 5.26 Å². The Hall–Kier alpha value is -1.76. The Balaban J connectivity index is 2.20.